The first kappa shape index (κ1) is 24.9. The zero-order chi connectivity index (χ0) is 25.5. The summed E-state index contributed by atoms with van der Waals surface area (Å²) in [4.78, 5) is 0. The van der Waals surface area contributed by atoms with Crippen LogP contribution in [-0.4, -0.2) is 47.7 Å². The molecule has 0 amide bonds. The number of fused-ring (bicyclic) bond motifs is 1. The highest BCUT2D eigenvalue weighted by Crippen LogP contribution is 2.40. The lowest BCUT2D eigenvalue weighted by Crippen LogP contribution is -2.38. The molecule has 0 aromatic heterocycles. The fourth-order valence-corrected chi connectivity index (χ4v) is 4.77. The van der Waals surface area contributed by atoms with Gasteiger partial charge in [0.25, 0.3) is 0 Å². The highest BCUT2D eigenvalue weighted by Gasteiger charge is 2.34. The third-order valence-electron chi connectivity index (χ3n) is 5.77. The molecule has 2 aliphatic heterocycles. The molecule has 1 saturated heterocycles. The van der Waals surface area contributed by atoms with Crippen LogP contribution in [0.1, 0.15) is 36.1 Å². The number of amidine groups is 1. The molecular formula is C22H25F3N4O5S. The average Bonchev–Trinajstić information content (AvgIpc) is 3.29. The lowest BCUT2D eigenvalue weighted by molar-refractivity contribution is -0.137. The number of nitrogens with two attached hydrogens (primary N) is 1. The van der Waals surface area contributed by atoms with Crippen LogP contribution in [0.25, 0.3) is 0 Å². The zero-order valence-electron chi connectivity index (χ0n) is 19.2. The number of rotatable bonds is 5. The average molecular weight is 515 g/mol. The second-order valence-electron chi connectivity index (χ2n) is 8.26. The number of anilines is 2. The molecule has 0 unspecified atom stereocenters. The van der Waals surface area contributed by atoms with Crippen molar-refractivity contribution in [1.82, 2.24) is 5.32 Å². The van der Waals surface area contributed by atoms with Gasteiger partial charge in [-0.05, 0) is 36.8 Å². The summed E-state index contributed by atoms with van der Waals surface area (Å²) in [6, 6.07) is 5.53. The van der Waals surface area contributed by atoms with Crippen LogP contribution < -0.4 is 24.8 Å². The van der Waals surface area contributed by atoms with E-state index in [9.17, 15) is 21.6 Å². The predicted octanol–water partition coefficient (Wildman–Crippen LogP) is 3.26. The lowest BCUT2D eigenvalue weighted by Gasteiger charge is -2.29. The smallest absolute Gasteiger partial charge is 0.416 e. The van der Waals surface area contributed by atoms with Crippen molar-refractivity contribution in [2.75, 3.05) is 37.4 Å². The van der Waals surface area contributed by atoms with Gasteiger partial charge >= 0.3 is 16.4 Å². The zero-order valence-corrected chi connectivity index (χ0v) is 20.0. The summed E-state index contributed by atoms with van der Waals surface area (Å²) in [7, 11) is -1.34. The SMILES string of the molecule is COc1cc2c(cc1O[C@H]1CCOC1)C(N[C@H](C)c1cc(N)cc(C(F)(F)F)c1)=NS(=O)(=O)N2C. The van der Waals surface area contributed by atoms with Crippen LogP contribution in [0, 0.1) is 0 Å². The van der Waals surface area contributed by atoms with Gasteiger partial charge in [-0.1, -0.05) is 0 Å². The van der Waals surface area contributed by atoms with Gasteiger partial charge in [0, 0.05) is 30.8 Å². The van der Waals surface area contributed by atoms with E-state index in [-0.39, 0.29) is 28.9 Å². The normalized spacial score (nSPS) is 20.1. The maximum atomic E-state index is 13.3. The van der Waals surface area contributed by atoms with Crippen molar-refractivity contribution in [1.29, 1.82) is 0 Å². The van der Waals surface area contributed by atoms with E-state index in [1.54, 1.807) is 13.0 Å². The maximum Gasteiger partial charge on any atom is 0.416 e. The van der Waals surface area contributed by atoms with Gasteiger partial charge in [0.1, 0.15) is 6.10 Å². The molecule has 2 heterocycles. The van der Waals surface area contributed by atoms with Crippen LogP contribution in [0.2, 0.25) is 0 Å². The molecule has 0 aliphatic carbocycles. The number of nitrogen functional groups attached to an aromatic ring is 1. The third kappa shape index (κ3) is 5.10. The topological polar surface area (TPSA) is 115 Å². The molecule has 0 saturated carbocycles. The number of halogens is 3. The highest BCUT2D eigenvalue weighted by molar-refractivity contribution is 7.91. The van der Waals surface area contributed by atoms with Crippen molar-refractivity contribution in [3.05, 3.63) is 47.0 Å². The van der Waals surface area contributed by atoms with Crippen LogP contribution in [0.15, 0.2) is 34.7 Å². The third-order valence-corrected chi connectivity index (χ3v) is 7.07. The van der Waals surface area contributed by atoms with Gasteiger partial charge in [-0.15, -0.1) is 4.40 Å². The summed E-state index contributed by atoms with van der Waals surface area (Å²) >= 11 is 0. The van der Waals surface area contributed by atoms with Gasteiger partial charge in [-0.25, -0.2) is 0 Å². The van der Waals surface area contributed by atoms with Crippen molar-refractivity contribution in [3.63, 3.8) is 0 Å². The van der Waals surface area contributed by atoms with Crippen molar-refractivity contribution in [2.45, 2.75) is 31.7 Å². The Labute approximate surface area is 200 Å². The minimum absolute atomic E-state index is 0.0447. The number of nitrogens with one attached hydrogen (secondary N) is 1. The Morgan fingerprint density at radius 1 is 1.23 bits per heavy atom. The minimum Gasteiger partial charge on any atom is -0.493 e. The first-order valence-electron chi connectivity index (χ1n) is 10.7. The Hall–Kier alpha value is -3.19. The molecule has 0 spiro atoms. The Kier molecular flexibility index (Phi) is 6.49. The second kappa shape index (κ2) is 9.11. The number of hydrogen-bond acceptors (Lipinski definition) is 7. The minimum atomic E-state index is -4.59. The quantitative estimate of drug-likeness (QED) is 0.589. The fourth-order valence-electron chi connectivity index (χ4n) is 3.87. The number of ether oxygens (including phenoxy) is 3. The Balaban J connectivity index is 1.73. The molecule has 2 aromatic rings. The van der Waals surface area contributed by atoms with E-state index < -0.39 is 28.0 Å². The lowest BCUT2D eigenvalue weighted by atomic mass is 10.0. The Bertz CT molecular complexity index is 1260. The summed E-state index contributed by atoms with van der Waals surface area (Å²) in [5.74, 6) is 0.634. The van der Waals surface area contributed by atoms with E-state index in [0.29, 0.717) is 36.7 Å². The number of nitrogens with zero attached hydrogens (tertiary/aromatic N) is 2. The largest absolute Gasteiger partial charge is 0.493 e. The molecule has 2 aliphatic rings. The van der Waals surface area contributed by atoms with Crippen LogP contribution >= 0.6 is 0 Å². The summed E-state index contributed by atoms with van der Waals surface area (Å²) in [5, 5.41) is 2.93. The molecule has 13 heteroatoms. The predicted molar refractivity (Wildman–Crippen MR) is 124 cm³/mol. The molecule has 4 rings (SSSR count). The van der Waals surface area contributed by atoms with Gasteiger partial charge in [0.05, 0.1) is 37.6 Å². The summed E-state index contributed by atoms with van der Waals surface area (Å²) < 4.78 is 86.9. The van der Waals surface area contributed by atoms with E-state index in [1.165, 1.54) is 26.3 Å². The standard InChI is InChI=1S/C22H25F3N4O5S/c1-12(13-6-14(22(23,24)25)8-15(26)7-13)27-21-17-9-20(34-16-4-5-33-11-16)19(32-3)10-18(17)29(2)35(30,31)28-21/h6-10,12,16H,4-5,11,26H2,1-3H3,(H,27,28)/t12-,16+/m1/s1. The van der Waals surface area contributed by atoms with Gasteiger partial charge in [-0.2, -0.15) is 21.6 Å². The van der Waals surface area contributed by atoms with Gasteiger partial charge in [-0.3, -0.25) is 4.31 Å². The van der Waals surface area contributed by atoms with E-state index in [0.717, 1.165) is 16.4 Å². The van der Waals surface area contributed by atoms with Gasteiger partial charge in [0.2, 0.25) is 0 Å². The first-order chi connectivity index (χ1) is 16.4. The number of methoxy groups -OCH3 is 1. The molecule has 2 atom stereocenters. The molecule has 2 aromatic carbocycles. The summed E-state index contributed by atoms with van der Waals surface area (Å²) in [6.45, 7) is 2.55. The van der Waals surface area contributed by atoms with E-state index >= 15 is 0 Å². The Morgan fingerprint density at radius 3 is 2.60 bits per heavy atom. The molecule has 190 valence electrons. The van der Waals surface area contributed by atoms with Crippen molar-refractivity contribution in [2.24, 2.45) is 4.40 Å². The molecule has 0 radical (unpaired) electrons. The monoisotopic (exact) mass is 514 g/mol. The van der Waals surface area contributed by atoms with Crippen LogP contribution in [0.5, 0.6) is 11.5 Å². The van der Waals surface area contributed by atoms with Crippen LogP contribution in [-0.2, 0) is 21.1 Å². The van der Waals surface area contributed by atoms with Crippen LogP contribution in [0.3, 0.4) is 0 Å². The molecule has 3 N–H and O–H groups in total. The second-order valence-corrected chi connectivity index (χ2v) is 9.89. The maximum absolute atomic E-state index is 13.3. The summed E-state index contributed by atoms with van der Waals surface area (Å²) in [6.07, 6.45) is -4.10. The Morgan fingerprint density at radius 2 is 1.97 bits per heavy atom. The van der Waals surface area contributed by atoms with Crippen LogP contribution in [0.4, 0.5) is 24.5 Å². The van der Waals surface area contributed by atoms with Gasteiger partial charge in [0.15, 0.2) is 17.3 Å². The molecule has 35 heavy (non-hydrogen) atoms. The molecule has 1 fully saturated rings. The number of alkyl halides is 3. The fraction of sp³-hybridized carbons (Fsp3) is 0.409. The van der Waals surface area contributed by atoms with E-state index in [2.05, 4.69) is 9.71 Å². The van der Waals surface area contributed by atoms with Crippen molar-refractivity contribution < 1.29 is 35.8 Å². The highest BCUT2D eigenvalue weighted by atomic mass is 32.2. The van der Waals surface area contributed by atoms with Gasteiger partial charge < -0.3 is 25.3 Å². The number of benzene rings is 2. The van der Waals surface area contributed by atoms with Crippen molar-refractivity contribution in [3.8, 4) is 11.5 Å². The molecular weight excluding hydrogens is 489 g/mol. The summed E-state index contributed by atoms with van der Waals surface area (Å²) in [5.41, 5.74) is 5.58. The molecule has 9 nitrogen and oxygen atoms in total. The number of hydrogen-bond donors (Lipinski definition) is 2. The first-order valence-corrected chi connectivity index (χ1v) is 12.1. The van der Waals surface area contributed by atoms with E-state index in [4.69, 9.17) is 19.9 Å². The van der Waals surface area contributed by atoms with Crippen molar-refractivity contribution >= 4 is 27.4 Å². The molecule has 0 bridgehead atoms. The van der Waals surface area contributed by atoms with E-state index in [1.807, 2.05) is 0 Å².